The minimum absolute atomic E-state index is 0.306. The molecule has 0 unspecified atom stereocenters. The number of hydrogen-bond donors (Lipinski definition) is 0. The maximum absolute atomic E-state index is 13.2. The second kappa shape index (κ2) is 7.14. The lowest BCUT2D eigenvalue weighted by Gasteiger charge is -2.21. The van der Waals surface area contributed by atoms with Gasteiger partial charge in [0.2, 0.25) is 21.7 Å². The van der Waals surface area contributed by atoms with Crippen LogP contribution in [0.4, 0.5) is 0 Å². The summed E-state index contributed by atoms with van der Waals surface area (Å²) in [5, 5.41) is 4.07. The molecule has 1 aromatic heterocycles. The van der Waals surface area contributed by atoms with Crippen molar-refractivity contribution in [1.29, 1.82) is 0 Å². The first kappa shape index (κ1) is 18.8. The van der Waals surface area contributed by atoms with Crippen LogP contribution in [0.25, 0.3) is 11.4 Å². The molecule has 2 aromatic carbocycles. The van der Waals surface area contributed by atoms with Crippen LogP contribution in [0.5, 0.6) is 0 Å². The molecule has 1 aliphatic heterocycles. The van der Waals surface area contributed by atoms with Crippen molar-refractivity contribution in [2.75, 3.05) is 6.54 Å². The third-order valence-corrected chi connectivity index (χ3v) is 7.23. The Labute approximate surface area is 165 Å². The van der Waals surface area contributed by atoms with Crippen LogP contribution in [0.15, 0.2) is 51.9 Å². The quantitative estimate of drug-likeness (QED) is 0.660. The summed E-state index contributed by atoms with van der Waals surface area (Å²) in [6.07, 6.45) is 1.43. The second-order valence-electron chi connectivity index (χ2n) is 7.34. The Balaban J connectivity index is 1.65. The average molecular weight is 398 g/mol. The molecule has 146 valence electrons. The second-order valence-corrected chi connectivity index (χ2v) is 9.23. The van der Waals surface area contributed by atoms with Gasteiger partial charge in [0.15, 0.2) is 0 Å². The van der Waals surface area contributed by atoms with Gasteiger partial charge < -0.3 is 4.52 Å². The van der Waals surface area contributed by atoms with Crippen LogP contribution in [0.2, 0.25) is 0 Å². The minimum Gasteiger partial charge on any atom is -0.337 e. The van der Waals surface area contributed by atoms with Gasteiger partial charge >= 0.3 is 0 Å². The summed E-state index contributed by atoms with van der Waals surface area (Å²) in [5.74, 6) is 0.825. The number of nitrogens with zero attached hydrogens (tertiary/aromatic N) is 3. The molecule has 0 spiro atoms. The van der Waals surface area contributed by atoms with Crippen molar-refractivity contribution in [2.45, 2.75) is 44.6 Å². The largest absolute Gasteiger partial charge is 0.337 e. The van der Waals surface area contributed by atoms with Crippen molar-refractivity contribution in [1.82, 2.24) is 14.4 Å². The van der Waals surface area contributed by atoms with E-state index in [0.717, 1.165) is 28.7 Å². The molecule has 0 N–H and O–H groups in total. The Morgan fingerprint density at radius 3 is 2.50 bits per heavy atom. The fraction of sp³-hybridized carbons (Fsp3) is 0.333. The average Bonchev–Trinajstić information content (AvgIpc) is 3.33. The van der Waals surface area contributed by atoms with Crippen molar-refractivity contribution >= 4 is 10.0 Å². The molecular weight excluding hydrogens is 374 g/mol. The van der Waals surface area contributed by atoms with E-state index < -0.39 is 16.1 Å². The lowest BCUT2D eigenvalue weighted by molar-refractivity contribution is 0.290. The van der Waals surface area contributed by atoms with Crippen LogP contribution in [-0.4, -0.2) is 29.4 Å². The molecule has 1 saturated heterocycles. The highest BCUT2D eigenvalue weighted by Crippen LogP contribution is 2.36. The molecular formula is C21H23N3O3S. The maximum atomic E-state index is 13.2. The number of rotatable bonds is 4. The minimum atomic E-state index is -3.63. The lowest BCUT2D eigenvalue weighted by atomic mass is 10.1. The van der Waals surface area contributed by atoms with Crippen molar-refractivity contribution in [2.24, 2.45) is 0 Å². The SMILES string of the molecule is Cc1ccc(-c2noc([C@H]3CCCN3S(=O)(=O)c3ccc(C)c(C)c3)n2)cc1. The molecule has 6 nitrogen and oxygen atoms in total. The molecule has 4 rings (SSSR count). The summed E-state index contributed by atoms with van der Waals surface area (Å²) in [6, 6.07) is 12.6. The van der Waals surface area contributed by atoms with E-state index in [-0.39, 0.29) is 0 Å². The van der Waals surface area contributed by atoms with Crippen LogP contribution < -0.4 is 0 Å². The Kier molecular flexibility index (Phi) is 4.81. The molecule has 3 aromatic rings. The van der Waals surface area contributed by atoms with Gasteiger partial charge in [-0.15, -0.1) is 0 Å². The maximum Gasteiger partial charge on any atom is 0.245 e. The first-order valence-electron chi connectivity index (χ1n) is 9.36. The summed E-state index contributed by atoms with van der Waals surface area (Å²) in [4.78, 5) is 4.80. The van der Waals surface area contributed by atoms with E-state index >= 15 is 0 Å². The highest BCUT2D eigenvalue weighted by atomic mass is 32.2. The van der Waals surface area contributed by atoms with Gasteiger partial charge in [-0.3, -0.25) is 0 Å². The summed E-state index contributed by atoms with van der Waals surface area (Å²) < 4.78 is 33.4. The van der Waals surface area contributed by atoms with Gasteiger partial charge in [0.1, 0.15) is 6.04 Å². The summed E-state index contributed by atoms with van der Waals surface area (Å²) >= 11 is 0. The van der Waals surface area contributed by atoms with E-state index in [1.165, 1.54) is 4.31 Å². The lowest BCUT2D eigenvalue weighted by Crippen LogP contribution is -2.31. The van der Waals surface area contributed by atoms with Gasteiger partial charge in [-0.05, 0) is 56.9 Å². The Morgan fingerprint density at radius 1 is 1.04 bits per heavy atom. The van der Waals surface area contributed by atoms with Gasteiger partial charge in [-0.25, -0.2) is 8.42 Å². The van der Waals surface area contributed by atoms with Crippen molar-refractivity contribution in [3.05, 3.63) is 65.0 Å². The molecule has 1 fully saturated rings. The molecule has 0 amide bonds. The highest BCUT2D eigenvalue weighted by Gasteiger charge is 2.39. The van der Waals surface area contributed by atoms with E-state index in [1.807, 2.05) is 51.1 Å². The van der Waals surface area contributed by atoms with Crippen LogP contribution in [0.1, 0.15) is 41.5 Å². The number of aromatic nitrogens is 2. The predicted octanol–water partition coefficient (Wildman–Crippen LogP) is 4.19. The predicted molar refractivity (Wildman–Crippen MR) is 106 cm³/mol. The zero-order valence-corrected chi connectivity index (χ0v) is 17.0. The van der Waals surface area contributed by atoms with E-state index in [0.29, 0.717) is 29.6 Å². The zero-order chi connectivity index (χ0) is 19.9. The fourth-order valence-corrected chi connectivity index (χ4v) is 5.21. The van der Waals surface area contributed by atoms with Crippen LogP contribution in [0, 0.1) is 20.8 Å². The Morgan fingerprint density at radius 2 is 1.79 bits per heavy atom. The molecule has 2 heterocycles. The van der Waals surface area contributed by atoms with Crippen molar-refractivity contribution in [3.63, 3.8) is 0 Å². The number of sulfonamides is 1. The van der Waals surface area contributed by atoms with E-state index in [2.05, 4.69) is 10.1 Å². The third-order valence-electron chi connectivity index (χ3n) is 5.33. The molecule has 1 aliphatic rings. The Hall–Kier alpha value is -2.51. The molecule has 0 radical (unpaired) electrons. The summed E-state index contributed by atoms with van der Waals surface area (Å²) in [5.41, 5.74) is 4.02. The molecule has 0 bridgehead atoms. The smallest absolute Gasteiger partial charge is 0.245 e. The zero-order valence-electron chi connectivity index (χ0n) is 16.2. The molecule has 28 heavy (non-hydrogen) atoms. The summed E-state index contributed by atoms with van der Waals surface area (Å²) in [6.45, 7) is 6.35. The van der Waals surface area contributed by atoms with Crippen molar-refractivity contribution in [3.8, 4) is 11.4 Å². The van der Waals surface area contributed by atoms with Gasteiger partial charge in [0.25, 0.3) is 0 Å². The third kappa shape index (κ3) is 3.36. The topological polar surface area (TPSA) is 76.3 Å². The normalized spacial score (nSPS) is 17.9. The highest BCUT2D eigenvalue weighted by molar-refractivity contribution is 7.89. The standard InChI is InChI=1S/C21H23N3O3S/c1-14-6-9-17(10-7-14)20-22-21(27-23-20)19-5-4-12-24(19)28(25,26)18-11-8-15(2)16(3)13-18/h6-11,13,19H,4-5,12H2,1-3H3/t19-/m1/s1. The van der Waals surface area contributed by atoms with Crippen LogP contribution >= 0.6 is 0 Å². The Bertz CT molecular complexity index is 1100. The van der Waals surface area contributed by atoms with Crippen molar-refractivity contribution < 1.29 is 12.9 Å². The molecule has 0 aliphatic carbocycles. The molecule has 0 saturated carbocycles. The molecule has 7 heteroatoms. The number of benzene rings is 2. The van der Waals surface area contributed by atoms with Crippen LogP contribution in [0.3, 0.4) is 0 Å². The van der Waals surface area contributed by atoms with E-state index in [4.69, 9.17) is 4.52 Å². The van der Waals surface area contributed by atoms with Gasteiger partial charge in [0.05, 0.1) is 4.90 Å². The number of aryl methyl sites for hydroxylation is 3. The van der Waals surface area contributed by atoms with Gasteiger partial charge in [-0.2, -0.15) is 9.29 Å². The fourth-order valence-electron chi connectivity index (χ4n) is 3.47. The van der Waals surface area contributed by atoms with Gasteiger partial charge in [0, 0.05) is 12.1 Å². The first-order chi connectivity index (χ1) is 13.4. The van der Waals surface area contributed by atoms with E-state index in [1.54, 1.807) is 12.1 Å². The number of hydrogen-bond acceptors (Lipinski definition) is 5. The van der Waals surface area contributed by atoms with Crippen LogP contribution in [-0.2, 0) is 10.0 Å². The molecule has 1 atom stereocenters. The first-order valence-corrected chi connectivity index (χ1v) is 10.8. The van der Waals surface area contributed by atoms with E-state index in [9.17, 15) is 8.42 Å². The van der Waals surface area contributed by atoms with Gasteiger partial charge in [-0.1, -0.05) is 41.1 Å². The summed E-state index contributed by atoms with van der Waals surface area (Å²) in [7, 11) is -3.63. The monoisotopic (exact) mass is 397 g/mol.